The minimum absolute atomic E-state index is 0.283. The average Bonchev–Trinajstić information content (AvgIpc) is 2.81. The molecule has 2 rings (SSSR count). The van der Waals surface area contributed by atoms with Crippen LogP contribution in [0.4, 0.5) is 0 Å². The molecule has 3 atom stereocenters. The molecule has 19 heavy (non-hydrogen) atoms. The van der Waals surface area contributed by atoms with Crippen molar-refractivity contribution in [2.24, 2.45) is 5.92 Å². The Balaban J connectivity index is 1.92. The van der Waals surface area contributed by atoms with Crippen LogP contribution in [0.3, 0.4) is 0 Å². The van der Waals surface area contributed by atoms with E-state index in [1.807, 2.05) is 23.9 Å². The molecule has 1 aliphatic rings. The molecular formula is C14H18O3S2. The molecule has 1 aromatic carbocycles. The standard InChI is InChI=1S/C14H18O3S2/c1-10(14(15)17-2)8-19(16)9-11-7-18-13-6-4-3-5-12(11)13/h3-6,10-11H,7-9H2,1-2H3. The lowest BCUT2D eigenvalue weighted by molar-refractivity contribution is -0.144. The Labute approximate surface area is 120 Å². The van der Waals surface area contributed by atoms with Crippen LogP contribution < -0.4 is 0 Å². The number of hydrogen-bond acceptors (Lipinski definition) is 4. The second-order valence-corrected chi connectivity index (χ2v) is 7.35. The molecule has 0 aromatic heterocycles. The number of thioether (sulfide) groups is 1. The molecule has 1 aliphatic heterocycles. The van der Waals surface area contributed by atoms with Gasteiger partial charge in [0.15, 0.2) is 0 Å². The molecule has 0 radical (unpaired) electrons. The van der Waals surface area contributed by atoms with Crippen LogP contribution in [0.2, 0.25) is 0 Å². The SMILES string of the molecule is COC(=O)C(C)CS(=O)CC1CSc2ccccc21. The average molecular weight is 298 g/mol. The molecule has 0 N–H and O–H groups in total. The van der Waals surface area contributed by atoms with E-state index < -0.39 is 10.8 Å². The normalized spacial score (nSPS) is 20.6. The first kappa shape index (κ1) is 14.6. The minimum Gasteiger partial charge on any atom is -0.469 e. The van der Waals surface area contributed by atoms with Gasteiger partial charge in [-0.1, -0.05) is 25.1 Å². The largest absolute Gasteiger partial charge is 0.469 e. The number of esters is 1. The van der Waals surface area contributed by atoms with Gasteiger partial charge in [-0.2, -0.15) is 0 Å². The first-order valence-corrected chi connectivity index (χ1v) is 8.73. The second kappa shape index (κ2) is 6.57. The highest BCUT2D eigenvalue weighted by atomic mass is 32.2. The fourth-order valence-corrected chi connectivity index (χ4v) is 5.19. The topological polar surface area (TPSA) is 43.4 Å². The van der Waals surface area contributed by atoms with Crippen molar-refractivity contribution in [1.29, 1.82) is 0 Å². The highest BCUT2D eigenvalue weighted by Gasteiger charge is 2.26. The zero-order valence-electron chi connectivity index (χ0n) is 11.1. The molecule has 1 heterocycles. The highest BCUT2D eigenvalue weighted by Crippen LogP contribution is 2.39. The monoisotopic (exact) mass is 298 g/mol. The number of ether oxygens (including phenoxy) is 1. The summed E-state index contributed by atoms with van der Waals surface area (Å²) in [5, 5.41) is 0. The van der Waals surface area contributed by atoms with Gasteiger partial charge in [-0.05, 0) is 11.6 Å². The summed E-state index contributed by atoms with van der Waals surface area (Å²) in [7, 11) is 0.383. The Morgan fingerprint density at radius 1 is 1.53 bits per heavy atom. The van der Waals surface area contributed by atoms with Gasteiger partial charge in [0, 0.05) is 38.9 Å². The van der Waals surface area contributed by atoms with E-state index in [2.05, 4.69) is 16.9 Å². The summed E-state index contributed by atoms with van der Waals surface area (Å²) in [6, 6.07) is 8.28. The zero-order valence-corrected chi connectivity index (χ0v) is 12.8. The molecule has 0 saturated carbocycles. The third-order valence-electron chi connectivity index (χ3n) is 3.23. The van der Waals surface area contributed by atoms with Gasteiger partial charge < -0.3 is 4.74 Å². The lowest BCUT2D eigenvalue weighted by atomic mass is 10.0. The molecule has 5 heteroatoms. The van der Waals surface area contributed by atoms with Crippen LogP contribution in [-0.4, -0.2) is 34.5 Å². The third kappa shape index (κ3) is 3.60. The van der Waals surface area contributed by atoms with Crippen LogP contribution in [0, 0.1) is 5.92 Å². The smallest absolute Gasteiger partial charge is 0.309 e. The maximum atomic E-state index is 12.1. The number of carbonyl (C=O) groups excluding carboxylic acids is 1. The number of hydrogen-bond donors (Lipinski definition) is 0. The maximum absolute atomic E-state index is 12.1. The van der Waals surface area contributed by atoms with Crippen molar-refractivity contribution in [3.63, 3.8) is 0 Å². The van der Waals surface area contributed by atoms with Gasteiger partial charge in [0.2, 0.25) is 0 Å². The number of benzene rings is 1. The summed E-state index contributed by atoms with van der Waals surface area (Å²) < 4.78 is 16.8. The van der Waals surface area contributed by atoms with E-state index in [0.717, 1.165) is 5.75 Å². The van der Waals surface area contributed by atoms with Gasteiger partial charge in [-0.15, -0.1) is 11.8 Å². The van der Waals surface area contributed by atoms with E-state index in [9.17, 15) is 9.00 Å². The van der Waals surface area contributed by atoms with Gasteiger partial charge in [0.05, 0.1) is 13.0 Å². The molecule has 0 bridgehead atoms. The van der Waals surface area contributed by atoms with E-state index >= 15 is 0 Å². The highest BCUT2D eigenvalue weighted by molar-refractivity contribution is 7.99. The van der Waals surface area contributed by atoms with Crippen LogP contribution in [0.15, 0.2) is 29.2 Å². The van der Waals surface area contributed by atoms with Gasteiger partial charge in [0.25, 0.3) is 0 Å². The fourth-order valence-electron chi connectivity index (χ4n) is 2.21. The van der Waals surface area contributed by atoms with Crippen molar-refractivity contribution in [2.75, 3.05) is 24.4 Å². The number of fused-ring (bicyclic) bond motifs is 1. The molecule has 3 unspecified atom stereocenters. The summed E-state index contributed by atoms with van der Waals surface area (Å²) in [6.45, 7) is 1.76. The maximum Gasteiger partial charge on any atom is 0.309 e. The van der Waals surface area contributed by atoms with E-state index in [1.165, 1.54) is 17.6 Å². The zero-order chi connectivity index (χ0) is 13.8. The fraction of sp³-hybridized carbons (Fsp3) is 0.500. The second-order valence-electron chi connectivity index (χ2n) is 4.74. The van der Waals surface area contributed by atoms with Gasteiger partial charge >= 0.3 is 5.97 Å². The van der Waals surface area contributed by atoms with E-state index in [4.69, 9.17) is 0 Å². The summed E-state index contributed by atoms with van der Waals surface area (Å²) in [5.74, 6) is 1.76. The van der Waals surface area contributed by atoms with Crippen molar-refractivity contribution in [3.05, 3.63) is 29.8 Å². The quantitative estimate of drug-likeness (QED) is 0.783. The first-order valence-electron chi connectivity index (χ1n) is 6.26. The molecule has 1 aromatic rings. The van der Waals surface area contributed by atoms with Crippen LogP contribution >= 0.6 is 11.8 Å². The Morgan fingerprint density at radius 3 is 3.00 bits per heavy atom. The van der Waals surface area contributed by atoms with Crippen molar-refractivity contribution < 1.29 is 13.7 Å². The molecule has 3 nitrogen and oxygen atoms in total. The van der Waals surface area contributed by atoms with Gasteiger partial charge in [0.1, 0.15) is 0 Å². The van der Waals surface area contributed by atoms with Crippen LogP contribution in [0.1, 0.15) is 18.4 Å². The first-order chi connectivity index (χ1) is 9.11. The lowest BCUT2D eigenvalue weighted by Gasteiger charge is -2.12. The molecule has 104 valence electrons. The summed E-state index contributed by atoms with van der Waals surface area (Å²) in [4.78, 5) is 12.6. The van der Waals surface area contributed by atoms with Crippen molar-refractivity contribution >= 4 is 28.5 Å². The predicted octanol–water partition coefficient (Wildman–Crippen LogP) is 2.43. The lowest BCUT2D eigenvalue weighted by Crippen LogP contribution is -2.22. The summed E-state index contributed by atoms with van der Waals surface area (Å²) in [5.41, 5.74) is 1.30. The van der Waals surface area contributed by atoms with Gasteiger partial charge in [-0.25, -0.2) is 0 Å². The number of carbonyl (C=O) groups is 1. The van der Waals surface area contributed by atoms with Crippen molar-refractivity contribution in [2.45, 2.75) is 17.7 Å². The molecule has 0 aliphatic carbocycles. The molecule has 0 spiro atoms. The Kier molecular flexibility index (Phi) is 5.05. The van der Waals surface area contributed by atoms with Crippen LogP contribution in [0.5, 0.6) is 0 Å². The molecule has 0 amide bonds. The molecular weight excluding hydrogens is 280 g/mol. The molecule has 0 fully saturated rings. The molecule has 0 saturated heterocycles. The van der Waals surface area contributed by atoms with Crippen LogP contribution in [-0.2, 0) is 20.3 Å². The Bertz CT molecular complexity index is 487. The predicted molar refractivity (Wildman–Crippen MR) is 79.0 cm³/mol. The van der Waals surface area contributed by atoms with Crippen molar-refractivity contribution in [3.8, 4) is 0 Å². The third-order valence-corrected chi connectivity index (χ3v) is 6.12. The van der Waals surface area contributed by atoms with E-state index in [-0.39, 0.29) is 11.9 Å². The minimum atomic E-state index is -0.984. The number of rotatable bonds is 5. The Morgan fingerprint density at radius 2 is 2.26 bits per heavy atom. The Hall–Kier alpha value is -0.810. The van der Waals surface area contributed by atoms with Crippen LogP contribution in [0.25, 0.3) is 0 Å². The van der Waals surface area contributed by atoms with E-state index in [1.54, 1.807) is 6.92 Å². The number of methoxy groups -OCH3 is 1. The van der Waals surface area contributed by atoms with Gasteiger partial charge in [-0.3, -0.25) is 9.00 Å². The summed E-state index contributed by atoms with van der Waals surface area (Å²) >= 11 is 1.82. The van der Waals surface area contributed by atoms with Crippen molar-refractivity contribution in [1.82, 2.24) is 0 Å². The van der Waals surface area contributed by atoms with E-state index in [0.29, 0.717) is 17.4 Å². The summed E-state index contributed by atoms with van der Waals surface area (Å²) in [6.07, 6.45) is 0.